The zero-order chi connectivity index (χ0) is 26.2. The Balaban J connectivity index is 2.18. The molecule has 0 unspecified atom stereocenters. The van der Waals surface area contributed by atoms with E-state index in [4.69, 9.17) is 16.3 Å². The van der Waals surface area contributed by atoms with Gasteiger partial charge in [0.05, 0.1) is 24.1 Å². The first-order valence-corrected chi connectivity index (χ1v) is 14.1. The van der Waals surface area contributed by atoms with Gasteiger partial charge >= 0.3 is 0 Å². The molecule has 2 aromatic rings. The number of sulfonamides is 1. The summed E-state index contributed by atoms with van der Waals surface area (Å²) >= 11 is 9.61. The fraction of sp³-hybridized carbons (Fsp3) is 0.417. The smallest absolute Gasteiger partial charge is 0.242 e. The van der Waals surface area contributed by atoms with Gasteiger partial charge in [0.25, 0.3) is 0 Å². The second-order valence-corrected chi connectivity index (χ2v) is 11.2. The van der Waals surface area contributed by atoms with Crippen molar-refractivity contribution in [2.24, 2.45) is 0 Å². The molecule has 1 N–H and O–H groups in total. The molecule has 2 amide bonds. The Hall–Kier alpha value is -2.30. The minimum Gasteiger partial charge on any atom is -0.495 e. The van der Waals surface area contributed by atoms with Crippen LogP contribution in [0, 0.1) is 0 Å². The van der Waals surface area contributed by atoms with Crippen molar-refractivity contribution in [3.63, 3.8) is 0 Å². The summed E-state index contributed by atoms with van der Waals surface area (Å²) in [6.45, 7) is 4.28. The average Bonchev–Trinajstić information content (AvgIpc) is 2.79. The Morgan fingerprint density at radius 1 is 1.20 bits per heavy atom. The lowest BCUT2D eigenvalue weighted by Crippen LogP contribution is -2.47. The van der Waals surface area contributed by atoms with Gasteiger partial charge < -0.3 is 15.0 Å². The van der Waals surface area contributed by atoms with Gasteiger partial charge in [-0.25, -0.2) is 8.42 Å². The SMILES string of the molecule is CCNC(=O)[C@@H](C)N(Cc1cccc(Br)c1)C(=O)CCCN(c1ccc(OC)c(Cl)c1)S(C)(=O)=O. The van der Waals surface area contributed by atoms with E-state index in [9.17, 15) is 18.0 Å². The summed E-state index contributed by atoms with van der Waals surface area (Å²) < 4.78 is 32.1. The minimum absolute atomic E-state index is 0.0631. The molecule has 35 heavy (non-hydrogen) atoms. The lowest BCUT2D eigenvalue weighted by atomic mass is 10.1. The molecular formula is C24H31BrClN3O5S. The van der Waals surface area contributed by atoms with Crippen LogP contribution in [0.5, 0.6) is 5.75 Å². The molecule has 0 saturated carbocycles. The van der Waals surface area contributed by atoms with Gasteiger partial charge in [-0.1, -0.05) is 39.7 Å². The number of ether oxygens (including phenoxy) is 1. The number of carbonyl (C=O) groups is 2. The van der Waals surface area contributed by atoms with Crippen LogP contribution in [0.1, 0.15) is 32.3 Å². The van der Waals surface area contributed by atoms with Gasteiger partial charge in [0.2, 0.25) is 21.8 Å². The van der Waals surface area contributed by atoms with Crippen LogP contribution in [-0.2, 0) is 26.2 Å². The minimum atomic E-state index is -3.62. The van der Waals surface area contributed by atoms with Crippen LogP contribution in [0.15, 0.2) is 46.9 Å². The highest BCUT2D eigenvalue weighted by Gasteiger charge is 2.26. The molecule has 0 aliphatic rings. The van der Waals surface area contributed by atoms with Crippen LogP contribution in [0.3, 0.4) is 0 Å². The lowest BCUT2D eigenvalue weighted by molar-refractivity contribution is -0.140. The van der Waals surface area contributed by atoms with Crippen LogP contribution in [0.25, 0.3) is 0 Å². The number of amides is 2. The number of hydrogen-bond donors (Lipinski definition) is 1. The average molecular weight is 589 g/mol. The Kier molecular flexibility index (Phi) is 10.9. The third-order valence-corrected chi connectivity index (χ3v) is 7.32. The normalized spacial score (nSPS) is 12.1. The van der Waals surface area contributed by atoms with E-state index in [1.807, 2.05) is 31.2 Å². The Morgan fingerprint density at radius 2 is 1.91 bits per heavy atom. The third kappa shape index (κ3) is 8.40. The van der Waals surface area contributed by atoms with Crippen molar-refractivity contribution in [2.75, 3.05) is 30.8 Å². The number of nitrogens with one attached hydrogen (secondary N) is 1. The van der Waals surface area contributed by atoms with Crippen molar-refractivity contribution in [1.29, 1.82) is 0 Å². The van der Waals surface area contributed by atoms with Gasteiger partial charge in [-0.2, -0.15) is 0 Å². The molecule has 0 saturated heterocycles. The van der Waals surface area contributed by atoms with Gasteiger partial charge in [0, 0.05) is 30.5 Å². The number of anilines is 1. The molecule has 0 aliphatic heterocycles. The summed E-state index contributed by atoms with van der Waals surface area (Å²) in [4.78, 5) is 27.2. The first kappa shape index (κ1) is 28.9. The van der Waals surface area contributed by atoms with Gasteiger partial charge in [-0.05, 0) is 56.2 Å². The van der Waals surface area contributed by atoms with Gasteiger partial charge in [0.1, 0.15) is 11.8 Å². The number of halogens is 2. The van der Waals surface area contributed by atoms with Crippen molar-refractivity contribution in [1.82, 2.24) is 10.2 Å². The fourth-order valence-corrected chi connectivity index (χ4v) is 5.21. The third-order valence-electron chi connectivity index (χ3n) is 5.34. The highest BCUT2D eigenvalue weighted by molar-refractivity contribution is 9.10. The van der Waals surface area contributed by atoms with Gasteiger partial charge in [0.15, 0.2) is 0 Å². The number of hydrogen-bond acceptors (Lipinski definition) is 5. The maximum atomic E-state index is 13.2. The van der Waals surface area contributed by atoms with E-state index in [0.717, 1.165) is 16.3 Å². The van der Waals surface area contributed by atoms with E-state index < -0.39 is 16.1 Å². The van der Waals surface area contributed by atoms with Crippen LogP contribution >= 0.6 is 27.5 Å². The first-order valence-electron chi connectivity index (χ1n) is 11.1. The van der Waals surface area contributed by atoms with Gasteiger partial charge in [-0.15, -0.1) is 0 Å². The summed E-state index contributed by atoms with van der Waals surface area (Å²) in [5.41, 5.74) is 1.25. The topological polar surface area (TPSA) is 96.0 Å². The molecule has 1 atom stereocenters. The monoisotopic (exact) mass is 587 g/mol. The van der Waals surface area contributed by atoms with Gasteiger partial charge in [-0.3, -0.25) is 13.9 Å². The largest absolute Gasteiger partial charge is 0.495 e. The van der Waals surface area contributed by atoms with E-state index in [-0.39, 0.29) is 42.8 Å². The van der Waals surface area contributed by atoms with Crippen molar-refractivity contribution < 1.29 is 22.7 Å². The van der Waals surface area contributed by atoms with Crippen LogP contribution in [-0.4, -0.2) is 57.6 Å². The number of benzene rings is 2. The van der Waals surface area contributed by atoms with E-state index in [0.29, 0.717) is 18.0 Å². The molecule has 8 nitrogen and oxygen atoms in total. The van der Waals surface area contributed by atoms with Crippen LogP contribution in [0.4, 0.5) is 5.69 Å². The number of rotatable bonds is 12. The molecular weight excluding hydrogens is 558 g/mol. The Labute approximate surface area is 220 Å². The molecule has 0 spiro atoms. The molecule has 0 heterocycles. The summed E-state index contributed by atoms with van der Waals surface area (Å²) in [6, 6.07) is 11.5. The fourth-order valence-electron chi connectivity index (χ4n) is 3.55. The molecule has 2 rings (SSSR count). The molecule has 11 heteroatoms. The summed E-state index contributed by atoms with van der Waals surface area (Å²) in [5.74, 6) is -0.0620. The van der Waals surface area contributed by atoms with Crippen molar-refractivity contribution in [3.8, 4) is 5.75 Å². The number of nitrogens with zero attached hydrogens (tertiary/aromatic N) is 2. The number of carbonyl (C=O) groups excluding carboxylic acids is 2. The zero-order valence-corrected chi connectivity index (χ0v) is 23.4. The highest BCUT2D eigenvalue weighted by atomic mass is 79.9. The standard InChI is InChI=1S/C24H31BrClN3O5S/c1-5-27-24(31)17(2)28(16-18-8-6-9-19(25)14-18)23(30)10-7-13-29(35(4,32)33)20-11-12-22(34-3)21(26)15-20/h6,8-9,11-12,14-15,17H,5,7,10,13,16H2,1-4H3,(H,27,31)/t17-/m1/s1. The molecule has 0 aliphatic carbocycles. The summed E-state index contributed by atoms with van der Waals surface area (Å²) in [5, 5.41) is 3.04. The summed E-state index contributed by atoms with van der Waals surface area (Å²) in [7, 11) is -2.15. The zero-order valence-electron chi connectivity index (χ0n) is 20.3. The molecule has 0 bridgehead atoms. The molecule has 0 fully saturated rings. The Bertz CT molecular complexity index is 1150. The molecule has 0 radical (unpaired) electrons. The van der Waals surface area contributed by atoms with Crippen molar-refractivity contribution in [3.05, 3.63) is 57.5 Å². The maximum Gasteiger partial charge on any atom is 0.242 e. The quantitative estimate of drug-likeness (QED) is 0.401. The molecule has 2 aromatic carbocycles. The summed E-state index contributed by atoms with van der Waals surface area (Å²) in [6.07, 6.45) is 1.42. The second kappa shape index (κ2) is 13.1. The maximum absolute atomic E-state index is 13.2. The van der Waals surface area contributed by atoms with Crippen molar-refractivity contribution in [2.45, 2.75) is 39.3 Å². The predicted octanol–water partition coefficient (Wildman–Crippen LogP) is 4.21. The van der Waals surface area contributed by atoms with Crippen molar-refractivity contribution >= 4 is 55.1 Å². The number of methoxy groups -OCH3 is 1. The van der Waals surface area contributed by atoms with E-state index in [1.54, 1.807) is 19.1 Å². The van der Waals surface area contributed by atoms with Crippen LogP contribution < -0.4 is 14.4 Å². The lowest BCUT2D eigenvalue weighted by Gasteiger charge is -2.29. The Morgan fingerprint density at radius 3 is 2.49 bits per heavy atom. The predicted molar refractivity (Wildman–Crippen MR) is 142 cm³/mol. The second-order valence-electron chi connectivity index (χ2n) is 7.98. The van der Waals surface area contributed by atoms with E-state index >= 15 is 0 Å². The van der Waals surface area contributed by atoms with E-state index in [1.165, 1.54) is 22.4 Å². The van der Waals surface area contributed by atoms with Crippen LogP contribution in [0.2, 0.25) is 5.02 Å². The molecule has 0 aromatic heterocycles. The molecule has 192 valence electrons. The first-order chi connectivity index (χ1) is 16.5. The highest BCUT2D eigenvalue weighted by Crippen LogP contribution is 2.30. The number of likely N-dealkylation sites (N-methyl/N-ethyl adjacent to an activating group) is 1. The van der Waals surface area contributed by atoms with E-state index in [2.05, 4.69) is 21.2 Å².